The number of para-hydroxylation sites is 1. The van der Waals surface area contributed by atoms with Gasteiger partial charge in [0.05, 0.1) is 0 Å². The van der Waals surface area contributed by atoms with E-state index in [0.29, 0.717) is 42.7 Å². The van der Waals surface area contributed by atoms with Crippen LogP contribution in [0.1, 0.15) is 35.3 Å². The first-order valence-corrected chi connectivity index (χ1v) is 10.3. The van der Waals surface area contributed by atoms with Crippen molar-refractivity contribution in [3.8, 4) is 0 Å². The molecule has 0 aliphatic carbocycles. The van der Waals surface area contributed by atoms with Gasteiger partial charge in [0.2, 0.25) is 5.91 Å². The highest BCUT2D eigenvalue weighted by atomic mass is 35.5. The van der Waals surface area contributed by atoms with Crippen molar-refractivity contribution in [3.63, 3.8) is 0 Å². The van der Waals surface area contributed by atoms with Crippen LogP contribution in [0.5, 0.6) is 0 Å². The van der Waals surface area contributed by atoms with E-state index in [2.05, 4.69) is 10.3 Å². The summed E-state index contributed by atoms with van der Waals surface area (Å²) in [5, 5.41) is 4.68. The van der Waals surface area contributed by atoms with Crippen molar-refractivity contribution in [1.29, 1.82) is 0 Å². The lowest BCUT2D eigenvalue weighted by atomic mass is 9.93. The zero-order valence-electron chi connectivity index (χ0n) is 16.2. The summed E-state index contributed by atoms with van der Waals surface area (Å²) in [5.41, 5.74) is 2.59. The molecular formula is C23H24ClN3O2. The van der Waals surface area contributed by atoms with Gasteiger partial charge in [-0.25, -0.2) is 0 Å². The Morgan fingerprint density at radius 3 is 2.62 bits per heavy atom. The van der Waals surface area contributed by atoms with E-state index < -0.39 is 0 Å². The van der Waals surface area contributed by atoms with Crippen molar-refractivity contribution in [1.82, 2.24) is 15.2 Å². The van der Waals surface area contributed by atoms with Crippen molar-refractivity contribution < 1.29 is 9.59 Å². The highest BCUT2D eigenvalue weighted by Crippen LogP contribution is 2.23. The van der Waals surface area contributed by atoms with Crippen molar-refractivity contribution in [3.05, 3.63) is 70.9 Å². The predicted molar refractivity (Wildman–Crippen MR) is 115 cm³/mol. The first-order valence-electron chi connectivity index (χ1n) is 9.96. The molecular weight excluding hydrogens is 386 g/mol. The quantitative estimate of drug-likeness (QED) is 0.656. The topological polar surface area (TPSA) is 65.2 Å². The highest BCUT2D eigenvalue weighted by molar-refractivity contribution is 6.30. The van der Waals surface area contributed by atoms with Gasteiger partial charge in [0.25, 0.3) is 5.91 Å². The fraction of sp³-hybridized carbons (Fsp3) is 0.304. The lowest BCUT2D eigenvalue weighted by molar-refractivity contribution is -0.122. The average molecular weight is 410 g/mol. The highest BCUT2D eigenvalue weighted by Gasteiger charge is 2.25. The largest absolute Gasteiger partial charge is 0.352 e. The van der Waals surface area contributed by atoms with E-state index in [1.165, 1.54) is 0 Å². The average Bonchev–Trinajstić information content (AvgIpc) is 3.17. The Balaban J connectivity index is 1.25. The number of hydrogen-bond donors (Lipinski definition) is 2. The molecule has 0 radical (unpaired) electrons. The van der Waals surface area contributed by atoms with E-state index in [4.69, 9.17) is 11.6 Å². The smallest absolute Gasteiger partial charge is 0.270 e. The molecule has 2 heterocycles. The maximum atomic E-state index is 12.8. The van der Waals surface area contributed by atoms with Gasteiger partial charge < -0.3 is 15.2 Å². The van der Waals surface area contributed by atoms with Gasteiger partial charge in [-0.2, -0.15) is 0 Å². The SMILES string of the molecule is O=C(CC1CCN(C(=O)c2cc3ccccc3[nH]2)CC1)NCc1cccc(Cl)c1. The third-order valence-corrected chi connectivity index (χ3v) is 5.75. The summed E-state index contributed by atoms with van der Waals surface area (Å²) in [6.07, 6.45) is 2.18. The Hall–Kier alpha value is -2.79. The number of halogens is 1. The molecule has 2 N–H and O–H groups in total. The number of carbonyl (C=O) groups is 2. The molecule has 2 amide bonds. The number of nitrogens with zero attached hydrogens (tertiary/aromatic N) is 1. The molecule has 1 aliphatic rings. The Labute approximate surface area is 175 Å². The van der Waals surface area contributed by atoms with Crippen LogP contribution in [-0.4, -0.2) is 34.8 Å². The van der Waals surface area contributed by atoms with E-state index in [1.807, 2.05) is 59.5 Å². The predicted octanol–water partition coefficient (Wildman–Crippen LogP) is 4.38. The normalized spacial score (nSPS) is 14.9. The molecule has 150 valence electrons. The van der Waals surface area contributed by atoms with E-state index in [9.17, 15) is 9.59 Å². The minimum absolute atomic E-state index is 0.0325. The molecule has 4 rings (SSSR count). The number of nitrogens with one attached hydrogen (secondary N) is 2. The van der Waals surface area contributed by atoms with Crippen LogP contribution in [-0.2, 0) is 11.3 Å². The van der Waals surface area contributed by atoms with E-state index in [0.717, 1.165) is 29.3 Å². The van der Waals surface area contributed by atoms with Crippen molar-refractivity contribution in [2.45, 2.75) is 25.8 Å². The van der Waals surface area contributed by atoms with Gasteiger partial charge in [0, 0.05) is 42.0 Å². The van der Waals surface area contributed by atoms with Crippen LogP contribution in [0.2, 0.25) is 5.02 Å². The number of benzene rings is 2. The molecule has 1 aliphatic heterocycles. The Bertz CT molecular complexity index is 989. The molecule has 0 spiro atoms. The molecule has 0 unspecified atom stereocenters. The molecule has 0 atom stereocenters. The number of aromatic amines is 1. The maximum Gasteiger partial charge on any atom is 0.270 e. The van der Waals surface area contributed by atoms with Gasteiger partial charge in [-0.1, -0.05) is 41.9 Å². The number of H-pyrrole nitrogens is 1. The third-order valence-electron chi connectivity index (χ3n) is 5.51. The fourth-order valence-electron chi connectivity index (χ4n) is 3.88. The lowest BCUT2D eigenvalue weighted by Gasteiger charge is -2.31. The van der Waals surface area contributed by atoms with Crippen molar-refractivity contribution in [2.24, 2.45) is 5.92 Å². The molecule has 6 heteroatoms. The molecule has 0 bridgehead atoms. The molecule has 29 heavy (non-hydrogen) atoms. The van der Waals surface area contributed by atoms with E-state index in [1.54, 1.807) is 0 Å². The van der Waals surface area contributed by atoms with E-state index in [-0.39, 0.29) is 11.8 Å². The van der Waals surface area contributed by atoms with Gasteiger partial charge in [-0.15, -0.1) is 0 Å². The van der Waals surface area contributed by atoms with Crippen LogP contribution in [0.15, 0.2) is 54.6 Å². The number of likely N-dealkylation sites (tertiary alicyclic amines) is 1. The van der Waals surface area contributed by atoms with Crippen LogP contribution in [0.3, 0.4) is 0 Å². The first kappa shape index (κ1) is 19.5. The van der Waals surface area contributed by atoms with E-state index >= 15 is 0 Å². The van der Waals surface area contributed by atoms with Crippen LogP contribution in [0.25, 0.3) is 10.9 Å². The summed E-state index contributed by atoms with van der Waals surface area (Å²) in [6.45, 7) is 1.85. The van der Waals surface area contributed by atoms with Crippen LogP contribution < -0.4 is 5.32 Å². The monoisotopic (exact) mass is 409 g/mol. The summed E-state index contributed by atoms with van der Waals surface area (Å²) in [6, 6.07) is 17.3. The van der Waals surface area contributed by atoms with Crippen LogP contribution >= 0.6 is 11.6 Å². The molecule has 5 nitrogen and oxygen atoms in total. The minimum Gasteiger partial charge on any atom is -0.352 e. The number of aromatic nitrogens is 1. The summed E-state index contributed by atoms with van der Waals surface area (Å²) < 4.78 is 0. The molecule has 1 aromatic heterocycles. The Morgan fingerprint density at radius 1 is 1.07 bits per heavy atom. The Kier molecular flexibility index (Phi) is 5.86. The number of carbonyl (C=O) groups excluding carboxylic acids is 2. The second-order valence-electron chi connectivity index (χ2n) is 7.62. The molecule has 1 saturated heterocycles. The summed E-state index contributed by atoms with van der Waals surface area (Å²) >= 11 is 5.98. The number of piperidine rings is 1. The minimum atomic E-state index is 0.0325. The number of rotatable bonds is 5. The second kappa shape index (κ2) is 8.70. The maximum absolute atomic E-state index is 12.8. The third kappa shape index (κ3) is 4.80. The van der Waals surface area contributed by atoms with Crippen LogP contribution in [0.4, 0.5) is 0 Å². The zero-order valence-corrected chi connectivity index (χ0v) is 16.9. The Morgan fingerprint density at radius 2 is 1.86 bits per heavy atom. The number of fused-ring (bicyclic) bond motifs is 1. The van der Waals surface area contributed by atoms with Gasteiger partial charge in [-0.3, -0.25) is 9.59 Å². The standard InChI is InChI=1S/C23H24ClN3O2/c24-19-6-3-4-17(12-19)15-25-22(28)13-16-8-10-27(11-9-16)23(29)21-14-18-5-1-2-7-20(18)26-21/h1-7,12,14,16,26H,8-11,13,15H2,(H,25,28). The van der Waals surface area contributed by atoms with Gasteiger partial charge in [-0.05, 0) is 48.6 Å². The van der Waals surface area contributed by atoms with Gasteiger partial charge in [0.15, 0.2) is 0 Å². The van der Waals surface area contributed by atoms with Crippen molar-refractivity contribution >= 4 is 34.3 Å². The number of amides is 2. The molecule has 1 fully saturated rings. The molecule has 0 saturated carbocycles. The second-order valence-corrected chi connectivity index (χ2v) is 8.05. The van der Waals surface area contributed by atoms with Crippen LogP contribution in [0, 0.1) is 5.92 Å². The van der Waals surface area contributed by atoms with Gasteiger partial charge in [0.1, 0.15) is 5.69 Å². The first-order chi connectivity index (χ1) is 14.1. The lowest BCUT2D eigenvalue weighted by Crippen LogP contribution is -2.39. The summed E-state index contributed by atoms with van der Waals surface area (Å²) in [4.78, 5) is 30.2. The molecule has 2 aromatic carbocycles. The summed E-state index contributed by atoms with van der Waals surface area (Å²) in [5.74, 6) is 0.386. The summed E-state index contributed by atoms with van der Waals surface area (Å²) in [7, 11) is 0. The molecule has 3 aromatic rings. The van der Waals surface area contributed by atoms with Gasteiger partial charge >= 0.3 is 0 Å². The van der Waals surface area contributed by atoms with Crippen molar-refractivity contribution in [2.75, 3.05) is 13.1 Å². The number of hydrogen-bond acceptors (Lipinski definition) is 2. The fourth-order valence-corrected chi connectivity index (χ4v) is 4.09. The zero-order chi connectivity index (χ0) is 20.2.